The third-order valence-corrected chi connectivity index (χ3v) is 4.35. The van der Waals surface area contributed by atoms with Crippen molar-refractivity contribution in [3.05, 3.63) is 0 Å². The molecule has 0 aliphatic carbocycles. The van der Waals surface area contributed by atoms with Crippen molar-refractivity contribution < 1.29 is 4.79 Å². The van der Waals surface area contributed by atoms with Crippen LogP contribution in [0.2, 0.25) is 0 Å². The minimum Gasteiger partial charge on any atom is -0.356 e. The van der Waals surface area contributed by atoms with E-state index in [0.717, 1.165) is 32.4 Å². The Balaban J connectivity index is 3.91. The third-order valence-electron chi connectivity index (χ3n) is 4.35. The molecule has 20 heavy (non-hydrogen) atoms. The Morgan fingerprint density at radius 2 is 1.85 bits per heavy atom. The molecule has 2 unspecified atom stereocenters. The summed E-state index contributed by atoms with van der Waals surface area (Å²) in [5, 5.41) is 3.11. The van der Waals surface area contributed by atoms with Gasteiger partial charge in [-0.3, -0.25) is 4.79 Å². The minimum atomic E-state index is 0.211. The fourth-order valence-corrected chi connectivity index (χ4v) is 2.63. The van der Waals surface area contributed by atoms with Gasteiger partial charge in [-0.25, -0.2) is 0 Å². The fraction of sp³-hybridized carbons (Fsp3) is 0.941. The number of hydrogen-bond donors (Lipinski definition) is 2. The van der Waals surface area contributed by atoms with E-state index in [1.165, 1.54) is 19.3 Å². The maximum absolute atomic E-state index is 11.9. The van der Waals surface area contributed by atoms with E-state index in [2.05, 4.69) is 33.0 Å². The number of rotatable bonds is 12. The molecule has 0 saturated heterocycles. The van der Waals surface area contributed by atoms with Gasteiger partial charge in [-0.15, -0.1) is 0 Å². The molecule has 0 fully saturated rings. The van der Waals surface area contributed by atoms with Gasteiger partial charge in [0.2, 0.25) is 5.91 Å². The van der Waals surface area contributed by atoms with Gasteiger partial charge < -0.3 is 11.1 Å². The van der Waals surface area contributed by atoms with Gasteiger partial charge >= 0.3 is 0 Å². The first-order valence-corrected chi connectivity index (χ1v) is 8.51. The molecule has 0 radical (unpaired) electrons. The van der Waals surface area contributed by atoms with Crippen molar-refractivity contribution in [2.24, 2.45) is 23.5 Å². The van der Waals surface area contributed by atoms with Crippen LogP contribution >= 0.6 is 0 Å². The topological polar surface area (TPSA) is 55.1 Å². The van der Waals surface area contributed by atoms with Crippen LogP contribution in [-0.2, 0) is 4.79 Å². The Labute approximate surface area is 126 Å². The van der Waals surface area contributed by atoms with Gasteiger partial charge in [-0.05, 0) is 43.6 Å². The number of carbonyl (C=O) groups excluding carboxylic acids is 1. The van der Waals surface area contributed by atoms with Crippen LogP contribution in [0.3, 0.4) is 0 Å². The summed E-state index contributed by atoms with van der Waals surface area (Å²) in [6, 6.07) is 0. The summed E-state index contributed by atoms with van der Waals surface area (Å²) in [6.45, 7) is 10.4. The largest absolute Gasteiger partial charge is 0.356 e. The summed E-state index contributed by atoms with van der Waals surface area (Å²) in [5.74, 6) is 2.04. The standard InChI is InChI=1S/C17H36N2O/c1-5-7-8-15(6-2)13-19-17(20)10-9-16(11-12-18)14(3)4/h14-16H,5-13,18H2,1-4H3,(H,19,20). The van der Waals surface area contributed by atoms with Crippen LogP contribution in [-0.4, -0.2) is 19.0 Å². The molecule has 0 aliphatic rings. The number of nitrogens with two attached hydrogens (primary N) is 1. The summed E-state index contributed by atoms with van der Waals surface area (Å²) in [7, 11) is 0. The zero-order valence-corrected chi connectivity index (χ0v) is 14.1. The third kappa shape index (κ3) is 9.35. The number of unbranched alkanes of at least 4 members (excludes halogenated alkanes) is 1. The first kappa shape index (κ1) is 19.4. The van der Waals surface area contributed by atoms with E-state index in [1.54, 1.807) is 0 Å². The lowest BCUT2D eigenvalue weighted by Crippen LogP contribution is -2.29. The Morgan fingerprint density at radius 3 is 2.35 bits per heavy atom. The molecular formula is C17H36N2O. The Bertz CT molecular complexity index is 241. The van der Waals surface area contributed by atoms with Crippen LogP contribution in [0.1, 0.15) is 72.6 Å². The molecule has 0 aromatic carbocycles. The van der Waals surface area contributed by atoms with Gasteiger partial charge in [0.1, 0.15) is 0 Å². The maximum atomic E-state index is 11.9. The van der Waals surface area contributed by atoms with Gasteiger partial charge in [-0.1, -0.05) is 47.0 Å². The molecule has 0 spiro atoms. The summed E-state index contributed by atoms with van der Waals surface area (Å²) in [6.07, 6.45) is 7.52. The summed E-state index contributed by atoms with van der Waals surface area (Å²) < 4.78 is 0. The minimum absolute atomic E-state index is 0.211. The lowest BCUT2D eigenvalue weighted by atomic mass is 9.88. The molecule has 0 aliphatic heterocycles. The molecule has 0 aromatic rings. The maximum Gasteiger partial charge on any atom is 0.220 e. The lowest BCUT2D eigenvalue weighted by Gasteiger charge is -2.20. The summed E-state index contributed by atoms with van der Waals surface area (Å²) in [5.41, 5.74) is 5.64. The van der Waals surface area contributed by atoms with E-state index < -0.39 is 0 Å². The molecular weight excluding hydrogens is 248 g/mol. The van der Waals surface area contributed by atoms with E-state index in [-0.39, 0.29) is 5.91 Å². The molecule has 120 valence electrons. The van der Waals surface area contributed by atoms with E-state index in [9.17, 15) is 4.79 Å². The van der Waals surface area contributed by atoms with Gasteiger partial charge in [0.15, 0.2) is 0 Å². The average Bonchev–Trinajstić information content (AvgIpc) is 2.43. The van der Waals surface area contributed by atoms with Crippen LogP contribution in [0, 0.1) is 17.8 Å². The SMILES string of the molecule is CCCCC(CC)CNC(=O)CCC(CCN)C(C)C. The second kappa shape index (κ2) is 12.2. The van der Waals surface area contributed by atoms with Crippen LogP contribution in [0.5, 0.6) is 0 Å². The highest BCUT2D eigenvalue weighted by Gasteiger charge is 2.15. The predicted octanol–water partition coefficient (Wildman–Crippen LogP) is 3.72. The van der Waals surface area contributed by atoms with E-state index in [4.69, 9.17) is 5.73 Å². The highest BCUT2D eigenvalue weighted by atomic mass is 16.1. The Morgan fingerprint density at radius 1 is 1.15 bits per heavy atom. The van der Waals surface area contributed by atoms with Crippen molar-refractivity contribution in [1.29, 1.82) is 0 Å². The Kier molecular flexibility index (Phi) is 11.8. The molecule has 3 N–H and O–H groups in total. The van der Waals surface area contributed by atoms with Crippen molar-refractivity contribution in [3.63, 3.8) is 0 Å². The van der Waals surface area contributed by atoms with Gasteiger partial charge in [0.05, 0.1) is 0 Å². The van der Waals surface area contributed by atoms with Crippen LogP contribution < -0.4 is 11.1 Å². The van der Waals surface area contributed by atoms with Crippen LogP contribution in [0.15, 0.2) is 0 Å². The fourth-order valence-electron chi connectivity index (χ4n) is 2.63. The molecule has 0 bridgehead atoms. The molecule has 2 atom stereocenters. The second-order valence-corrected chi connectivity index (χ2v) is 6.34. The van der Waals surface area contributed by atoms with Gasteiger partial charge in [0.25, 0.3) is 0 Å². The summed E-state index contributed by atoms with van der Waals surface area (Å²) >= 11 is 0. The molecule has 0 saturated carbocycles. The highest BCUT2D eigenvalue weighted by molar-refractivity contribution is 5.75. The highest BCUT2D eigenvalue weighted by Crippen LogP contribution is 2.20. The Hall–Kier alpha value is -0.570. The molecule has 0 aromatic heterocycles. The lowest BCUT2D eigenvalue weighted by molar-refractivity contribution is -0.121. The molecule has 1 amide bonds. The zero-order valence-electron chi connectivity index (χ0n) is 14.1. The monoisotopic (exact) mass is 284 g/mol. The van der Waals surface area contributed by atoms with Gasteiger partial charge in [-0.2, -0.15) is 0 Å². The second-order valence-electron chi connectivity index (χ2n) is 6.34. The molecule has 0 heterocycles. The number of nitrogens with one attached hydrogen (secondary N) is 1. The number of hydrogen-bond acceptors (Lipinski definition) is 2. The van der Waals surface area contributed by atoms with Gasteiger partial charge in [0, 0.05) is 13.0 Å². The number of amides is 1. The average molecular weight is 284 g/mol. The zero-order chi connectivity index (χ0) is 15.4. The van der Waals surface area contributed by atoms with E-state index in [0.29, 0.717) is 24.2 Å². The number of carbonyl (C=O) groups is 1. The van der Waals surface area contributed by atoms with Crippen molar-refractivity contribution >= 4 is 5.91 Å². The van der Waals surface area contributed by atoms with Crippen molar-refractivity contribution in [1.82, 2.24) is 5.32 Å². The molecule has 0 rings (SSSR count). The van der Waals surface area contributed by atoms with Crippen molar-refractivity contribution in [2.75, 3.05) is 13.1 Å². The quantitative estimate of drug-likeness (QED) is 0.574. The first-order valence-electron chi connectivity index (χ1n) is 8.51. The van der Waals surface area contributed by atoms with Crippen LogP contribution in [0.4, 0.5) is 0 Å². The summed E-state index contributed by atoms with van der Waals surface area (Å²) in [4.78, 5) is 11.9. The van der Waals surface area contributed by atoms with E-state index >= 15 is 0 Å². The smallest absolute Gasteiger partial charge is 0.220 e. The van der Waals surface area contributed by atoms with Crippen molar-refractivity contribution in [3.8, 4) is 0 Å². The molecule has 3 nitrogen and oxygen atoms in total. The first-order chi connectivity index (χ1) is 9.54. The normalized spacial score (nSPS) is 14.3. The molecule has 3 heteroatoms. The van der Waals surface area contributed by atoms with E-state index in [1.807, 2.05) is 0 Å². The van der Waals surface area contributed by atoms with Crippen LogP contribution in [0.25, 0.3) is 0 Å². The predicted molar refractivity (Wildman–Crippen MR) is 87.5 cm³/mol. The van der Waals surface area contributed by atoms with Crippen molar-refractivity contribution in [2.45, 2.75) is 72.6 Å².